The molecule has 0 saturated carbocycles. The van der Waals surface area contributed by atoms with Crippen LogP contribution in [-0.4, -0.2) is 18.0 Å². The summed E-state index contributed by atoms with van der Waals surface area (Å²) in [6.45, 7) is 2.04. The fourth-order valence-electron chi connectivity index (χ4n) is 6.73. The maximum Gasteiger partial charge on any atom is 0.239 e. The number of anilines is 1. The van der Waals surface area contributed by atoms with Crippen LogP contribution in [0.5, 0.6) is 0 Å². The molecular formula is C32H23ClN2O2. The summed E-state index contributed by atoms with van der Waals surface area (Å²) in [7, 11) is 0. The second-order valence-electron chi connectivity index (χ2n) is 10.1. The molecule has 2 amide bonds. The van der Waals surface area contributed by atoms with Crippen molar-refractivity contribution in [1.29, 1.82) is 0 Å². The number of para-hydroxylation sites is 1. The van der Waals surface area contributed by atoms with Gasteiger partial charge in [-0.3, -0.25) is 14.6 Å². The number of imide groups is 1. The Balaban J connectivity index is 1.51. The average Bonchev–Trinajstić information content (AvgIpc) is 3.19. The summed E-state index contributed by atoms with van der Waals surface area (Å²) >= 11 is 6.52. The molecule has 0 spiro atoms. The van der Waals surface area contributed by atoms with Crippen molar-refractivity contribution in [2.45, 2.75) is 18.3 Å². The number of carbonyl (C=O) groups excluding carboxylic acids is 2. The highest BCUT2D eigenvalue weighted by molar-refractivity contribution is 6.36. The Hall–Kier alpha value is -4.02. The van der Waals surface area contributed by atoms with Gasteiger partial charge in [-0.15, -0.1) is 0 Å². The van der Waals surface area contributed by atoms with Crippen LogP contribution >= 0.6 is 11.6 Å². The molecular weight excluding hydrogens is 480 g/mol. The van der Waals surface area contributed by atoms with E-state index >= 15 is 0 Å². The first-order chi connectivity index (χ1) is 18.0. The highest BCUT2D eigenvalue weighted by Crippen LogP contribution is 2.64. The highest BCUT2D eigenvalue weighted by atomic mass is 35.5. The quantitative estimate of drug-likeness (QED) is 0.234. The number of benzene rings is 4. The zero-order valence-corrected chi connectivity index (χ0v) is 20.9. The molecule has 0 radical (unpaired) electrons. The Morgan fingerprint density at radius 1 is 0.784 bits per heavy atom. The van der Waals surface area contributed by atoms with E-state index in [9.17, 15) is 9.59 Å². The molecule has 0 aromatic heterocycles. The van der Waals surface area contributed by atoms with Crippen LogP contribution in [0.15, 0.2) is 102 Å². The zero-order valence-electron chi connectivity index (χ0n) is 20.1. The molecule has 4 aromatic rings. The molecule has 4 nitrogen and oxygen atoms in total. The van der Waals surface area contributed by atoms with Gasteiger partial charge in [-0.1, -0.05) is 90.0 Å². The van der Waals surface area contributed by atoms with E-state index in [-0.39, 0.29) is 17.7 Å². The van der Waals surface area contributed by atoms with E-state index in [0.29, 0.717) is 10.7 Å². The maximum absolute atomic E-state index is 14.4. The van der Waals surface area contributed by atoms with E-state index in [0.717, 1.165) is 33.5 Å². The molecule has 8 rings (SSSR count). The third kappa shape index (κ3) is 2.93. The molecule has 4 aromatic carbocycles. The number of carbonyl (C=O) groups is 2. The third-order valence-electron chi connectivity index (χ3n) is 8.23. The number of halogens is 1. The van der Waals surface area contributed by atoms with Crippen molar-refractivity contribution in [2.24, 2.45) is 16.8 Å². The van der Waals surface area contributed by atoms with Crippen molar-refractivity contribution in [3.8, 4) is 0 Å². The van der Waals surface area contributed by atoms with Gasteiger partial charge < -0.3 is 0 Å². The minimum absolute atomic E-state index is 0.204. The van der Waals surface area contributed by atoms with Crippen molar-refractivity contribution >= 4 is 41.0 Å². The number of nitrogens with zero attached hydrogens (tertiary/aromatic N) is 2. The maximum atomic E-state index is 14.4. The van der Waals surface area contributed by atoms with Crippen molar-refractivity contribution in [1.82, 2.24) is 0 Å². The van der Waals surface area contributed by atoms with Crippen molar-refractivity contribution < 1.29 is 9.59 Å². The van der Waals surface area contributed by atoms with E-state index in [1.165, 1.54) is 4.90 Å². The van der Waals surface area contributed by atoms with Crippen LogP contribution in [0.2, 0.25) is 5.02 Å². The first-order valence-corrected chi connectivity index (χ1v) is 12.8. The SMILES string of the molecule is Cc1ccc(N=CC23c4ccccc4C(c4ccccc42)[C@H]2C(=O)N(c4ccccc4Cl)C(=O)[C@@H]23)cc1. The minimum atomic E-state index is -0.889. The predicted molar refractivity (Wildman–Crippen MR) is 146 cm³/mol. The molecule has 2 atom stereocenters. The fraction of sp³-hybridized carbons (Fsp3) is 0.156. The molecule has 37 heavy (non-hydrogen) atoms. The van der Waals surface area contributed by atoms with E-state index < -0.39 is 17.3 Å². The van der Waals surface area contributed by atoms with Gasteiger partial charge in [0.25, 0.3) is 0 Å². The molecule has 1 fully saturated rings. The summed E-state index contributed by atoms with van der Waals surface area (Å²) in [5.74, 6) is -1.81. The van der Waals surface area contributed by atoms with Crippen LogP contribution in [-0.2, 0) is 15.0 Å². The molecule has 3 aliphatic carbocycles. The lowest BCUT2D eigenvalue weighted by atomic mass is 9.47. The number of amides is 2. The lowest BCUT2D eigenvalue weighted by molar-refractivity contribution is -0.122. The Morgan fingerprint density at radius 3 is 2.03 bits per heavy atom. The first kappa shape index (κ1) is 22.2. The van der Waals surface area contributed by atoms with E-state index in [4.69, 9.17) is 16.6 Å². The van der Waals surface area contributed by atoms with Crippen molar-refractivity contribution in [2.75, 3.05) is 4.90 Å². The molecule has 180 valence electrons. The van der Waals surface area contributed by atoms with E-state index in [2.05, 4.69) is 24.3 Å². The number of aryl methyl sites for hydroxylation is 1. The van der Waals surface area contributed by atoms with Gasteiger partial charge in [0.1, 0.15) is 0 Å². The van der Waals surface area contributed by atoms with Gasteiger partial charge in [-0.2, -0.15) is 0 Å². The first-order valence-electron chi connectivity index (χ1n) is 12.5. The zero-order chi connectivity index (χ0) is 25.3. The smallest absolute Gasteiger partial charge is 0.239 e. The number of hydrogen-bond donors (Lipinski definition) is 0. The summed E-state index contributed by atoms with van der Waals surface area (Å²) in [6, 6.07) is 31.5. The standard InChI is InChI=1S/C32H23ClN2O2/c1-19-14-16-20(17-15-19)34-18-32-23-10-4-2-8-21(23)27(22-9-3-5-11-24(22)32)28-29(32)31(37)35(30(28)36)26-13-7-6-12-25(26)33/h2-18,27-29H,1H3/t27?,28-,29-,32?/m1/s1. The predicted octanol–water partition coefficient (Wildman–Crippen LogP) is 6.60. The highest BCUT2D eigenvalue weighted by Gasteiger charge is 2.68. The Labute approximate surface area is 220 Å². The lowest BCUT2D eigenvalue weighted by Gasteiger charge is -2.52. The molecule has 1 heterocycles. The third-order valence-corrected chi connectivity index (χ3v) is 8.55. The topological polar surface area (TPSA) is 49.7 Å². The van der Waals surface area contributed by atoms with Gasteiger partial charge >= 0.3 is 0 Å². The van der Waals surface area contributed by atoms with Crippen LogP contribution < -0.4 is 4.90 Å². The molecule has 5 heteroatoms. The summed E-state index contributed by atoms with van der Waals surface area (Å²) in [5.41, 5.74) is 5.75. The van der Waals surface area contributed by atoms with Gasteiger partial charge in [0.15, 0.2) is 0 Å². The Kier molecular flexibility index (Phi) is 4.79. The number of aliphatic imine (C=N–C) groups is 1. The molecule has 0 unspecified atom stereocenters. The van der Waals surface area contributed by atoms with Crippen LogP contribution in [0.1, 0.15) is 33.7 Å². The van der Waals surface area contributed by atoms with Gasteiger partial charge in [0.2, 0.25) is 11.8 Å². The van der Waals surface area contributed by atoms with Crippen LogP contribution in [0.25, 0.3) is 0 Å². The van der Waals surface area contributed by atoms with E-state index in [1.807, 2.05) is 61.7 Å². The number of hydrogen-bond acceptors (Lipinski definition) is 3. The van der Waals surface area contributed by atoms with Crippen LogP contribution in [0.4, 0.5) is 11.4 Å². The van der Waals surface area contributed by atoms with Crippen LogP contribution in [0, 0.1) is 18.8 Å². The minimum Gasteiger partial charge on any atom is -0.274 e. The second kappa shape index (κ2) is 7.99. The van der Waals surface area contributed by atoms with Gasteiger partial charge in [0, 0.05) is 12.1 Å². The summed E-state index contributed by atoms with van der Waals surface area (Å²) in [4.78, 5) is 34.8. The monoisotopic (exact) mass is 502 g/mol. The Bertz CT molecular complexity index is 1580. The summed E-state index contributed by atoms with van der Waals surface area (Å²) in [5, 5.41) is 0.382. The van der Waals surface area contributed by atoms with Gasteiger partial charge in [-0.25, -0.2) is 4.90 Å². The van der Waals surface area contributed by atoms with E-state index in [1.54, 1.807) is 24.3 Å². The van der Waals surface area contributed by atoms with Crippen molar-refractivity contribution in [3.05, 3.63) is 130 Å². The van der Waals surface area contributed by atoms with Crippen LogP contribution in [0.3, 0.4) is 0 Å². The summed E-state index contributed by atoms with van der Waals surface area (Å²) in [6.07, 6.45) is 1.92. The molecule has 0 N–H and O–H groups in total. The van der Waals surface area contributed by atoms with Crippen molar-refractivity contribution in [3.63, 3.8) is 0 Å². The second-order valence-corrected chi connectivity index (χ2v) is 10.5. The van der Waals surface area contributed by atoms with Gasteiger partial charge in [0.05, 0.1) is 33.6 Å². The number of rotatable bonds is 3. The fourth-order valence-corrected chi connectivity index (χ4v) is 6.95. The van der Waals surface area contributed by atoms with Gasteiger partial charge in [-0.05, 0) is 53.4 Å². The molecule has 1 saturated heterocycles. The molecule has 1 aliphatic heterocycles. The molecule has 2 bridgehead atoms. The average molecular weight is 503 g/mol. The molecule has 4 aliphatic rings. The summed E-state index contributed by atoms with van der Waals surface area (Å²) < 4.78 is 0. The lowest BCUT2D eigenvalue weighted by Crippen LogP contribution is -2.54. The Morgan fingerprint density at radius 2 is 1.38 bits per heavy atom. The normalized spacial score (nSPS) is 25.4. The largest absolute Gasteiger partial charge is 0.274 e.